The summed E-state index contributed by atoms with van der Waals surface area (Å²) in [5.74, 6) is -0.667. The zero-order chi connectivity index (χ0) is 21.1. The molecule has 3 aliphatic heterocycles. The minimum absolute atomic E-state index is 0.0772. The zero-order valence-corrected chi connectivity index (χ0v) is 18.3. The Labute approximate surface area is 182 Å². The standard InChI is InChI=1S/C21H19BrN2O5S/c22-12-5-6-13-17(7-8-30(27,28)18(13)9-12)29-19(25)16-10-21(11-23-16)14-3-1-2-4-15(14)24-20(21)26/h1-6,9,16-17,23H,7-8,10-11H2,(H,24,26)/t16-,17-,21-/m1/s1. The van der Waals surface area contributed by atoms with Gasteiger partial charge in [0, 0.05) is 28.7 Å². The summed E-state index contributed by atoms with van der Waals surface area (Å²) in [4.78, 5) is 25.8. The van der Waals surface area contributed by atoms with Crippen molar-refractivity contribution in [1.29, 1.82) is 0 Å². The summed E-state index contributed by atoms with van der Waals surface area (Å²) in [5, 5.41) is 6.03. The molecule has 3 aliphatic rings. The molecule has 1 fully saturated rings. The molecule has 7 nitrogen and oxygen atoms in total. The third kappa shape index (κ3) is 2.99. The van der Waals surface area contributed by atoms with Gasteiger partial charge in [0.05, 0.1) is 16.1 Å². The molecule has 0 bridgehead atoms. The summed E-state index contributed by atoms with van der Waals surface area (Å²) >= 11 is 3.30. The smallest absolute Gasteiger partial charge is 0.323 e. The van der Waals surface area contributed by atoms with Gasteiger partial charge in [-0.3, -0.25) is 9.59 Å². The van der Waals surface area contributed by atoms with E-state index >= 15 is 0 Å². The van der Waals surface area contributed by atoms with E-state index in [9.17, 15) is 18.0 Å². The van der Waals surface area contributed by atoms with Gasteiger partial charge in [0.15, 0.2) is 9.84 Å². The van der Waals surface area contributed by atoms with E-state index in [-0.39, 0.29) is 23.0 Å². The number of amides is 1. The second-order valence-electron chi connectivity index (χ2n) is 7.93. The van der Waals surface area contributed by atoms with Crippen LogP contribution in [0.5, 0.6) is 0 Å². The summed E-state index contributed by atoms with van der Waals surface area (Å²) < 4.78 is 31.2. The SMILES string of the molecule is O=C(O[C@@H]1CCS(=O)(=O)c2cc(Br)ccc21)[C@H]1C[C@]2(CN1)C(=O)Nc1ccccc12. The normalized spacial score (nSPS) is 28.6. The van der Waals surface area contributed by atoms with Crippen molar-refractivity contribution in [1.82, 2.24) is 5.32 Å². The van der Waals surface area contributed by atoms with Gasteiger partial charge in [-0.1, -0.05) is 40.2 Å². The van der Waals surface area contributed by atoms with Crippen molar-refractivity contribution in [2.24, 2.45) is 0 Å². The quantitative estimate of drug-likeness (QED) is 0.627. The van der Waals surface area contributed by atoms with E-state index < -0.39 is 33.4 Å². The van der Waals surface area contributed by atoms with Gasteiger partial charge in [0.2, 0.25) is 5.91 Å². The minimum atomic E-state index is -3.40. The van der Waals surface area contributed by atoms with Crippen LogP contribution in [0.15, 0.2) is 51.8 Å². The number of ether oxygens (including phenoxy) is 1. The number of rotatable bonds is 2. The Bertz CT molecular complexity index is 1180. The molecule has 3 atom stereocenters. The van der Waals surface area contributed by atoms with Crippen molar-refractivity contribution in [3.05, 3.63) is 58.1 Å². The number of carbonyl (C=O) groups is 2. The van der Waals surface area contributed by atoms with E-state index in [1.807, 2.05) is 24.3 Å². The first-order chi connectivity index (χ1) is 14.3. The molecule has 3 heterocycles. The van der Waals surface area contributed by atoms with Crippen LogP contribution in [0.1, 0.15) is 30.1 Å². The third-order valence-corrected chi connectivity index (χ3v) is 8.47. The van der Waals surface area contributed by atoms with Crippen molar-refractivity contribution < 1.29 is 22.7 Å². The maximum Gasteiger partial charge on any atom is 0.323 e. The Morgan fingerprint density at radius 2 is 2.00 bits per heavy atom. The maximum absolute atomic E-state index is 12.9. The summed E-state index contributed by atoms with van der Waals surface area (Å²) in [6, 6.07) is 11.8. The number of carbonyl (C=O) groups excluding carboxylic acids is 2. The van der Waals surface area contributed by atoms with E-state index in [0.717, 1.165) is 11.3 Å². The molecule has 2 aromatic rings. The lowest BCUT2D eigenvalue weighted by Gasteiger charge is -2.27. The van der Waals surface area contributed by atoms with Crippen molar-refractivity contribution in [2.75, 3.05) is 17.6 Å². The van der Waals surface area contributed by atoms with Gasteiger partial charge >= 0.3 is 5.97 Å². The van der Waals surface area contributed by atoms with Crippen molar-refractivity contribution in [3.63, 3.8) is 0 Å². The molecule has 0 saturated carbocycles. The van der Waals surface area contributed by atoms with Gasteiger partial charge in [-0.2, -0.15) is 0 Å². The lowest BCUT2D eigenvalue weighted by molar-refractivity contribution is -0.152. The topological polar surface area (TPSA) is 102 Å². The number of anilines is 1. The van der Waals surface area contributed by atoms with Crippen molar-refractivity contribution in [3.8, 4) is 0 Å². The van der Waals surface area contributed by atoms with Gasteiger partial charge in [0.1, 0.15) is 12.1 Å². The molecular formula is C21H19BrN2O5S. The van der Waals surface area contributed by atoms with Crippen LogP contribution in [0.25, 0.3) is 0 Å². The number of hydrogen-bond acceptors (Lipinski definition) is 6. The fourth-order valence-electron chi connectivity index (χ4n) is 4.62. The fraction of sp³-hybridized carbons (Fsp3) is 0.333. The predicted octanol–water partition coefficient (Wildman–Crippen LogP) is 2.46. The summed E-state index contributed by atoms with van der Waals surface area (Å²) in [5.41, 5.74) is 1.36. The fourth-order valence-corrected chi connectivity index (χ4v) is 6.75. The van der Waals surface area contributed by atoms with E-state index in [1.54, 1.807) is 18.2 Å². The Kier molecular flexibility index (Phi) is 4.53. The van der Waals surface area contributed by atoms with E-state index in [4.69, 9.17) is 4.74 Å². The van der Waals surface area contributed by atoms with Crippen LogP contribution in [-0.2, 0) is 29.6 Å². The monoisotopic (exact) mass is 490 g/mol. The van der Waals surface area contributed by atoms with E-state index in [2.05, 4.69) is 26.6 Å². The van der Waals surface area contributed by atoms with Gasteiger partial charge in [-0.05, 0) is 30.2 Å². The first-order valence-corrected chi connectivity index (χ1v) is 12.1. The molecule has 0 aromatic heterocycles. The molecule has 30 heavy (non-hydrogen) atoms. The number of nitrogens with one attached hydrogen (secondary N) is 2. The molecule has 1 saturated heterocycles. The van der Waals surface area contributed by atoms with Gasteiger partial charge in [-0.25, -0.2) is 8.42 Å². The molecule has 5 rings (SSSR count). The Balaban J connectivity index is 1.37. The summed E-state index contributed by atoms with van der Waals surface area (Å²) in [7, 11) is -3.40. The number of hydrogen-bond donors (Lipinski definition) is 2. The largest absolute Gasteiger partial charge is 0.456 e. The van der Waals surface area contributed by atoms with Crippen LogP contribution in [0, 0.1) is 0 Å². The van der Waals surface area contributed by atoms with Crippen LogP contribution >= 0.6 is 15.9 Å². The van der Waals surface area contributed by atoms with E-state index in [0.29, 0.717) is 23.0 Å². The van der Waals surface area contributed by atoms with E-state index in [1.165, 1.54) is 0 Å². The average Bonchev–Trinajstić information content (AvgIpc) is 3.28. The highest BCUT2D eigenvalue weighted by Gasteiger charge is 2.53. The third-order valence-electron chi connectivity index (χ3n) is 6.18. The van der Waals surface area contributed by atoms with Crippen LogP contribution in [-0.4, -0.2) is 38.6 Å². The molecule has 2 aromatic carbocycles. The highest BCUT2D eigenvalue weighted by atomic mass is 79.9. The highest BCUT2D eigenvalue weighted by Crippen LogP contribution is 2.44. The second kappa shape index (κ2) is 6.90. The Hall–Kier alpha value is -2.23. The van der Waals surface area contributed by atoms with Gasteiger partial charge < -0.3 is 15.4 Å². The van der Waals surface area contributed by atoms with Crippen LogP contribution in [0.3, 0.4) is 0 Å². The average molecular weight is 491 g/mol. The van der Waals surface area contributed by atoms with Gasteiger partial charge in [-0.15, -0.1) is 0 Å². The van der Waals surface area contributed by atoms with Gasteiger partial charge in [0.25, 0.3) is 0 Å². The molecule has 156 valence electrons. The molecule has 1 spiro atoms. The molecule has 1 amide bonds. The lowest BCUT2D eigenvalue weighted by atomic mass is 9.79. The predicted molar refractivity (Wildman–Crippen MR) is 113 cm³/mol. The maximum atomic E-state index is 12.9. The summed E-state index contributed by atoms with van der Waals surface area (Å²) in [6.45, 7) is 0.345. The molecule has 0 unspecified atom stereocenters. The highest BCUT2D eigenvalue weighted by molar-refractivity contribution is 9.10. The molecule has 0 aliphatic carbocycles. The number of halogens is 1. The van der Waals surface area contributed by atoms with Crippen molar-refractivity contribution >= 4 is 43.3 Å². The Morgan fingerprint density at radius 1 is 1.20 bits per heavy atom. The minimum Gasteiger partial charge on any atom is -0.456 e. The lowest BCUT2D eigenvalue weighted by Crippen LogP contribution is -2.36. The summed E-state index contributed by atoms with van der Waals surface area (Å²) in [6.07, 6.45) is -0.122. The van der Waals surface area contributed by atoms with Crippen molar-refractivity contribution in [2.45, 2.75) is 35.3 Å². The molecule has 9 heteroatoms. The van der Waals surface area contributed by atoms with Crippen LogP contribution < -0.4 is 10.6 Å². The second-order valence-corrected chi connectivity index (χ2v) is 10.9. The number of sulfone groups is 1. The first kappa shape index (κ1) is 19.7. The molecule has 0 radical (unpaired) electrons. The molecular weight excluding hydrogens is 472 g/mol. The number of esters is 1. The first-order valence-electron chi connectivity index (χ1n) is 9.67. The zero-order valence-electron chi connectivity index (χ0n) is 15.9. The van der Waals surface area contributed by atoms with Crippen LogP contribution in [0.2, 0.25) is 0 Å². The Morgan fingerprint density at radius 3 is 2.83 bits per heavy atom. The number of para-hydroxylation sites is 1. The van der Waals surface area contributed by atoms with Crippen LogP contribution in [0.4, 0.5) is 5.69 Å². The number of benzene rings is 2. The number of fused-ring (bicyclic) bond motifs is 3. The molecule has 2 N–H and O–H groups in total.